The van der Waals surface area contributed by atoms with E-state index in [-0.39, 0.29) is 17.7 Å². The second-order valence-corrected chi connectivity index (χ2v) is 9.22. The minimum absolute atomic E-state index is 0.0479. The Morgan fingerprint density at radius 2 is 2.03 bits per heavy atom. The second-order valence-electron chi connectivity index (χ2n) is 9.22. The molecule has 2 aliphatic rings. The number of ketones is 1. The van der Waals surface area contributed by atoms with Crippen LogP contribution in [0.1, 0.15) is 86.3 Å². The maximum Gasteiger partial charge on any atom is 0.287 e. The first kappa shape index (κ1) is 20.0. The topological polar surface area (TPSA) is 68.5 Å². The third-order valence-electron chi connectivity index (χ3n) is 7.20. The van der Waals surface area contributed by atoms with Gasteiger partial charge in [-0.2, -0.15) is 0 Å². The fraction of sp³-hybridized carbons (Fsp3) is 0.583. The van der Waals surface area contributed by atoms with Gasteiger partial charge in [0.15, 0.2) is 11.5 Å². The lowest BCUT2D eigenvalue weighted by Crippen LogP contribution is -2.43. The van der Waals surface area contributed by atoms with Gasteiger partial charge in [0.1, 0.15) is 16.9 Å². The summed E-state index contributed by atoms with van der Waals surface area (Å²) >= 11 is 0. The lowest BCUT2D eigenvalue weighted by molar-refractivity contribution is 0.0503. The standard InChI is InChI=1S/C24H31NO4/c1-6-24(5)12-17(26)21-19(29-24)11-10-18-20(21)15(4)22(28-18)23(27)25-16-9-7-8-13(2)14(16)3/h10-11,13-14,16H,6-9,12H2,1-5H3,(H,25,27)/t13-,14-,16+,24+/m0/s1. The Morgan fingerprint density at radius 3 is 2.76 bits per heavy atom. The predicted molar refractivity (Wildman–Crippen MR) is 113 cm³/mol. The number of fused-ring (bicyclic) bond motifs is 3. The SMILES string of the molecule is CC[C@]1(C)CC(=O)c2c(ccc3oc(C(=O)N[C@@H]4CCC[C@H](C)[C@@H]4C)c(C)c23)O1. The molecule has 4 rings (SSSR count). The van der Waals surface area contributed by atoms with Crippen molar-refractivity contribution in [2.45, 2.75) is 78.4 Å². The number of nitrogens with one attached hydrogen (secondary N) is 1. The molecule has 0 unspecified atom stereocenters. The molecule has 2 aromatic rings. The molecular formula is C24H31NO4. The summed E-state index contributed by atoms with van der Waals surface area (Å²) in [6.07, 6.45) is 4.42. The first-order chi connectivity index (χ1) is 13.7. The van der Waals surface area contributed by atoms with Crippen molar-refractivity contribution < 1.29 is 18.7 Å². The molecule has 0 saturated heterocycles. The number of carbonyl (C=O) groups is 2. The van der Waals surface area contributed by atoms with Gasteiger partial charge in [0, 0.05) is 17.0 Å². The molecule has 5 nitrogen and oxygen atoms in total. The maximum atomic E-state index is 13.0. The van der Waals surface area contributed by atoms with Crippen LogP contribution in [-0.4, -0.2) is 23.3 Å². The molecule has 5 heteroatoms. The summed E-state index contributed by atoms with van der Waals surface area (Å²) in [4.78, 5) is 26.0. The van der Waals surface area contributed by atoms with Crippen LogP contribution in [0.15, 0.2) is 16.5 Å². The number of aryl methyl sites for hydroxylation is 1. The smallest absolute Gasteiger partial charge is 0.287 e. The predicted octanol–water partition coefficient (Wildman–Crippen LogP) is 5.43. The van der Waals surface area contributed by atoms with E-state index >= 15 is 0 Å². The Labute approximate surface area is 172 Å². The molecule has 1 fully saturated rings. The Kier molecular flexibility index (Phi) is 4.96. The molecule has 1 aromatic carbocycles. The van der Waals surface area contributed by atoms with Crippen molar-refractivity contribution in [1.29, 1.82) is 0 Å². The number of rotatable bonds is 3. The van der Waals surface area contributed by atoms with Crippen LogP contribution in [0.5, 0.6) is 5.75 Å². The fourth-order valence-corrected chi connectivity index (χ4v) is 4.85. The first-order valence-electron chi connectivity index (χ1n) is 10.8. The van der Waals surface area contributed by atoms with Crippen molar-refractivity contribution in [3.8, 4) is 5.75 Å². The van der Waals surface area contributed by atoms with E-state index in [1.54, 1.807) is 12.1 Å². The van der Waals surface area contributed by atoms with Crippen LogP contribution in [-0.2, 0) is 0 Å². The van der Waals surface area contributed by atoms with E-state index in [1.165, 1.54) is 6.42 Å². The van der Waals surface area contributed by atoms with Gasteiger partial charge >= 0.3 is 0 Å². The fourth-order valence-electron chi connectivity index (χ4n) is 4.85. The van der Waals surface area contributed by atoms with Crippen LogP contribution in [0, 0.1) is 18.8 Å². The number of benzene rings is 1. The van der Waals surface area contributed by atoms with Crippen molar-refractivity contribution in [2.75, 3.05) is 0 Å². The van der Waals surface area contributed by atoms with Gasteiger partial charge in [0.05, 0.1) is 12.0 Å². The van der Waals surface area contributed by atoms with Crippen molar-refractivity contribution in [3.05, 3.63) is 29.0 Å². The summed E-state index contributed by atoms with van der Waals surface area (Å²) in [5, 5.41) is 3.89. The Bertz CT molecular complexity index is 975. The first-order valence-corrected chi connectivity index (χ1v) is 10.8. The van der Waals surface area contributed by atoms with Gasteiger partial charge in [-0.3, -0.25) is 9.59 Å². The van der Waals surface area contributed by atoms with Gasteiger partial charge in [-0.25, -0.2) is 0 Å². The summed E-state index contributed by atoms with van der Waals surface area (Å²) in [6.45, 7) is 10.3. The van der Waals surface area contributed by atoms with E-state index in [9.17, 15) is 9.59 Å². The Morgan fingerprint density at radius 1 is 1.28 bits per heavy atom. The zero-order chi connectivity index (χ0) is 20.9. The molecule has 4 atom stereocenters. The van der Waals surface area contributed by atoms with Gasteiger partial charge in [-0.1, -0.05) is 33.6 Å². The lowest BCUT2D eigenvalue weighted by atomic mass is 9.78. The molecule has 156 valence electrons. The molecule has 1 aliphatic carbocycles. The third kappa shape index (κ3) is 3.34. The van der Waals surface area contributed by atoms with Gasteiger partial charge in [0.2, 0.25) is 0 Å². The van der Waals surface area contributed by atoms with Crippen molar-refractivity contribution >= 4 is 22.7 Å². The Balaban J connectivity index is 1.69. The van der Waals surface area contributed by atoms with E-state index in [0.717, 1.165) is 19.3 Å². The number of amides is 1. The summed E-state index contributed by atoms with van der Waals surface area (Å²) in [5.74, 6) is 1.78. The Hall–Kier alpha value is -2.30. The number of ether oxygens (including phenoxy) is 1. The molecule has 1 aromatic heterocycles. The summed E-state index contributed by atoms with van der Waals surface area (Å²) < 4.78 is 12.1. The number of carbonyl (C=O) groups excluding carboxylic acids is 2. The molecule has 29 heavy (non-hydrogen) atoms. The minimum atomic E-state index is -0.483. The molecule has 1 N–H and O–H groups in total. The largest absolute Gasteiger partial charge is 0.486 e. The average molecular weight is 398 g/mol. The van der Waals surface area contributed by atoms with E-state index < -0.39 is 5.60 Å². The summed E-state index contributed by atoms with van der Waals surface area (Å²) in [6, 6.07) is 3.75. The van der Waals surface area contributed by atoms with E-state index in [0.29, 0.717) is 51.9 Å². The highest BCUT2D eigenvalue weighted by Crippen LogP contribution is 2.41. The average Bonchev–Trinajstić information content (AvgIpc) is 3.02. The molecule has 0 bridgehead atoms. The van der Waals surface area contributed by atoms with E-state index in [4.69, 9.17) is 9.15 Å². The highest BCUT2D eigenvalue weighted by Gasteiger charge is 2.38. The normalized spacial score (nSPS) is 29.4. The molecule has 1 amide bonds. The van der Waals surface area contributed by atoms with Crippen molar-refractivity contribution in [2.24, 2.45) is 11.8 Å². The minimum Gasteiger partial charge on any atom is -0.486 e. The molecular weight excluding hydrogens is 366 g/mol. The maximum absolute atomic E-state index is 13.0. The monoisotopic (exact) mass is 397 g/mol. The zero-order valence-corrected chi connectivity index (χ0v) is 18.1. The molecule has 2 heterocycles. The quantitative estimate of drug-likeness (QED) is 0.750. The van der Waals surface area contributed by atoms with Crippen LogP contribution in [0.4, 0.5) is 0 Å². The van der Waals surface area contributed by atoms with E-state index in [1.807, 2.05) is 20.8 Å². The number of hydrogen-bond donors (Lipinski definition) is 1. The number of Topliss-reactive ketones (excluding diaryl/α,β-unsaturated/α-hetero) is 1. The summed E-state index contributed by atoms with van der Waals surface area (Å²) in [7, 11) is 0. The van der Waals surface area contributed by atoms with Gasteiger partial charge in [-0.05, 0) is 50.7 Å². The highest BCUT2D eigenvalue weighted by molar-refractivity contribution is 6.13. The summed E-state index contributed by atoms with van der Waals surface area (Å²) in [5.41, 5.74) is 1.34. The molecule has 0 spiro atoms. The van der Waals surface area contributed by atoms with Crippen LogP contribution < -0.4 is 10.1 Å². The van der Waals surface area contributed by atoms with Crippen molar-refractivity contribution in [1.82, 2.24) is 5.32 Å². The molecule has 1 saturated carbocycles. The second kappa shape index (κ2) is 7.19. The zero-order valence-electron chi connectivity index (χ0n) is 18.1. The lowest BCUT2D eigenvalue weighted by Gasteiger charge is -2.34. The highest BCUT2D eigenvalue weighted by atomic mass is 16.5. The van der Waals surface area contributed by atoms with Gasteiger partial charge in [0.25, 0.3) is 5.91 Å². The number of hydrogen-bond acceptors (Lipinski definition) is 4. The van der Waals surface area contributed by atoms with Crippen LogP contribution in [0.3, 0.4) is 0 Å². The van der Waals surface area contributed by atoms with Crippen molar-refractivity contribution in [3.63, 3.8) is 0 Å². The molecule has 0 radical (unpaired) electrons. The number of furan rings is 1. The van der Waals surface area contributed by atoms with E-state index in [2.05, 4.69) is 19.2 Å². The van der Waals surface area contributed by atoms with Crippen LogP contribution in [0.2, 0.25) is 0 Å². The van der Waals surface area contributed by atoms with Gasteiger partial charge in [-0.15, -0.1) is 0 Å². The van der Waals surface area contributed by atoms with Crippen LogP contribution >= 0.6 is 0 Å². The van der Waals surface area contributed by atoms with Crippen LogP contribution in [0.25, 0.3) is 11.0 Å². The van der Waals surface area contributed by atoms with Gasteiger partial charge < -0.3 is 14.5 Å². The molecule has 1 aliphatic heterocycles. The third-order valence-corrected chi connectivity index (χ3v) is 7.20.